The quantitative estimate of drug-likeness (QED) is 0.231. The van der Waals surface area contributed by atoms with Crippen molar-refractivity contribution in [2.45, 2.75) is 41.3 Å². The molecule has 1 aromatic heterocycles. The largest absolute Gasteiger partial charge is 0.326 e. The lowest BCUT2D eigenvalue weighted by atomic mass is 10.2. The lowest BCUT2D eigenvalue weighted by Crippen LogP contribution is -2.31. The number of sulfonamides is 1. The Morgan fingerprint density at radius 3 is 2.34 bits per heavy atom. The molecule has 1 aliphatic rings. The molecule has 3 aromatic rings. The average molecular weight is 615 g/mol. The molecule has 0 unspecified atom stereocenters. The van der Waals surface area contributed by atoms with Gasteiger partial charge in [-0.05, 0) is 55.3 Å². The van der Waals surface area contributed by atoms with Crippen molar-refractivity contribution in [1.29, 1.82) is 0 Å². The third-order valence-corrected chi connectivity index (χ3v) is 10.3. The van der Waals surface area contributed by atoms with Crippen LogP contribution in [0.25, 0.3) is 0 Å². The predicted octanol–water partition coefficient (Wildman–Crippen LogP) is 5.78. The van der Waals surface area contributed by atoms with Gasteiger partial charge in [0.05, 0.1) is 14.9 Å². The van der Waals surface area contributed by atoms with Gasteiger partial charge in [-0.15, -0.1) is 10.2 Å². The SMILES string of the molecule is O=C(CCSc1nnc(NC(=O)c2ccc(S(=O)(=O)N3CCCCCC3)cc2)s1)Nc1ccc(Cl)c(Cl)c1. The van der Waals surface area contributed by atoms with Crippen molar-refractivity contribution < 1.29 is 18.0 Å². The monoisotopic (exact) mass is 613 g/mol. The van der Waals surface area contributed by atoms with Gasteiger partial charge in [-0.2, -0.15) is 4.31 Å². The highest BCUT2D eigenvalue weighted by molar-refractivity contribution is 8.01. The average Bonchev–Trinajstić information content (AvgIpc) is 3.15. The maximum atomic E-state index is 12.9. The fourth-order valence-electron chi connectivity index (χ4n) is 3.73. The molecule has 2 heterocycles. The number of benzene rings is 2. The van der Waals surface area contributed by atoms with E-state index in [0.717, 1.165) is 25.7 Å². The number of anilines is 2. The highest BCUT2D eigenvalue weighted by Gasteiger charge is 2.25. The molecule has 2 N–H and O–H groups in total. The smallest absolute Gasteiger partial charge is 0.257 e. The van der Waals surface area contributed by atoms with Gasteiger partial charge < -0.3 is 5.32 Å². The second-order valence-corrected chi connectivity index (χ2v) is 13.5. The zero-order valence-electron chi connectivity index (χ0n) is 20.2. The van der Waals surface area contributed by atoms with Crippen LogP contribution >= 0.6 is 46.3 Å². The Kier molecular flexibility index (Phi) is 10.0. The molecular weight excluding hydrogens is 589 g/mol. The third-order valence-electron chi connectivity index (χ3n) is 5.70. The van der Waals surface area contributed by atoms with Crippen molar-refractivity contribution in [2.24, 2.45) is 0 Å². The number of amides is 2. The Morgan fingerprint density at radius 1 is 0.947 bits per heavy atom. The van der Waals surface area contributed by atoms with Crippen molar-refractivity contribution in [1.82, 2.24) is 14.5 Å². The first-order valence-corrected chi connectivity index (χ1v) is 15.8. The van der Waals surface area contributed by atoms with Crippen LogP contribution in [0, 0.1) is 0 Å². The number of halogens is 2. The van der Waals surface area contributed by atoms with E-state index in [1.807, 2.05) is 0 Å². The van der Waals surface area contributed by atoms with E-state index in [1.165, 1.54) is 51.7 Å². The highest BCUT2D eigenvalue weighted by atomic mass is 35.5. The van der Waals surface area contributed by atoms with Crippen LogP contribution in [0.2, 0.25) is 10.0 Å². The number of nitrogens with zero attached hydrogens (tertiary/aromatic N) is 3. The van der Waals surface area contributed by atoms with E-state index < -0.39 is 15.9 Å². The Balaban J connectivity index is 1.26. The van der Waals surface area contributed by atoms with Crippen molar-refractivity contribution in [3.8, 4) is 0 Å². The van der Waals surface area contributed by atoms with E-state index in [2.05, 4.69) is 20.8 Å². The molecule has 0 atom stereocenters. The second-order valence-electron chi connectivity index (χ2n) is 8.45. The molecule has 202 valence electrons. The topological polar surface area (TPSA) is 121 Å². The number of carbonyl (C=O) groups excluding carboxylic acids is 2. The van der Waals surface area contributed by atoms with Gasteiger partial charge in [0.1, 0.15) is 0 Å². The van der Waals surface area contributed by atoms with E-state index >= 15 is 0 Å². The summed E-state index contributed by atoms with van der Waals surface area (Å²) in [6.07, 6.45) is 4.01. The first-order chi connectivity index (χ1) is 18.2. The normalized spacial score (nSPS) is 14.6. The van der Waals surface area contributed by atoms with Crippen LogP contribution in [-0.2, 0) is 14.8 Å². The molecule has 4 rings (SSSR count). The summed E-state index contributed by atoms with van der Waals surface area (Å²) in [5, 5.41) is 14.5. The molecule has 0 bridgehead atoms. The number of rotatable bonds is 9. The Labute approximate surface area is 239 Å². The molecule has 2 amide bonds. The molecule has 1 aliphatic heterocycles. The van der Waals surface area contributed by atoms with Crippen LogP contribution in [-0.4, -0.2) is 53.6 Å². The van der Waals surface area contributed by atoms with Crippen LogP contribution in [0.15, 0.2) is 51.7 Å². The second kappa shape index (κ2) is 13.2. The molecule has 1 saturated heterocycles. The van der Waals surface area contributed by atoms with Gasteiger partial charge >= 0.3 is 0 Å². The number of hydrogen-bond donors (Lipinski definition) is 2. The van der Waals surface area contributed by atoms with Crippen LogP contribution < -0.4 is 10.6 Å². The molecule has 1 fully saturated rings. The van der Waals surface area contributed by atoms with Crippen LogP contribution in [0.5, 0.6) is 0 Å². The summed E-state index contributed by atoms with van der Waals surface area (Å²) in [6, 6.07) is 10.8. The van der Waals surface area contributed by atoms with E-state index in [4.69, 9.17) is 23.2 Å². The zero-order chi connectivity index (χ0) is 27.1. The van der Waals surface area contributed by atoms with E-state index in [-0.39, 0.29) is 17.2 Å². The van der Waals surface area contributed by atoms with Gasteiger partial charge in [0.25, 0.3) is 5.91 Å². The fourth-order valence-corrected chi connectivity index (χ4v) is 7.30. The van der Waals surface area contributed by atoms with Crippen molar-refractivity contribution in [3.63, 3.8) is 0 Å². The summed E-state index contributed by atoms with van der Waals surface area (Å²) in [7, 11) is -3.58. The minimum atomic E-state index is -3.58. The van der Waals surface area contributed by atoms with Gasteiger partial charge in [0, 0.05) is 36.5 Å². The lowest BCUT2D eigenvalue weighted by Gasteiger charge is -2.20. The summed E-state index contributed by atoms with van der Waals surface area (Å²) < 4.78 is 28.0. The predicted molar refractivity (Wildman–Crippen MR) is 152 cm³/mol. The number of nitrogens with one attached hydrogen (secondary N) is 2. The van der Waals surface area contributed by atoms with E-state index in [9.17, 15) is 18.0 Å². The number of carbonyl (C=O) groups is 2. The fraction of sp³-hybridized carbons (Fsp3) is 0.333. The summed E-state index contributed by atoms with van der Waals surface area (Å²) in [4.78, 5) is 25.0. The van der Waals surface area contributed by atoms with Gasteiger partial charge in [-0.3, -0.25) is 14.9 Å². The Morgan fingerprint density at radius 2 is 1.66 bits per heavy atom. The van der Waals surface area contributed by atoms with Crippen molar-refractivity contribution in [3.05, 3.63) is 58.1 Å². The molecule has 9 nitrogen and oxygen atoms in total. The Hall–Kier alpha value is -2.22. The summed E-state index contributed by atoms with van der Waals surface area (Å²) >= 11 is 14.4. The molecule has 0 aliphatic carbocycles. The third kappa shape index (κ3) is 7.67. The van der Waals surface area contributed by atoms with Crippen LogP contribution in [0.3, 0.4) is 0 Å². The number of hydrogen-bond acceptors (Lipinski definition) is 8. The molecular formula is C24H25Cl2N5O4S3. The molecule has 0 spiro atoms. The van der Waals surface area contributed by atoms with Crippen molar-refractivity contribution in [2.75, 3.05) is 29.5 Å². The summed E-state index contributed by atoms with van der Waals surface area (Å²) in [5.74, 6) is -0.143. The first-order valence-electron chi connectivity index (χ1n) is 11.8. The summed E-state index contributed by atoms with van der Waals surface area (Å²) in [6.45, 7) is 1.04. The van der Waals surface area contributed by atoms with Gasteiger partial charge in [-0.25, -0.2) is 8.42 Å². The maximum Gasteiger partial charge on any atom is 0.257 e. The number of thioether (sulfide) groups is 1. The van der Waals surface area contributed by atoms with Crippen LogP contribution in [0.1, 0.15) is 42.5 Å². The molecule has 0 saturated carbocycles. The first kappa shape index (κ1) is 28.8. The molecule has 0 radical (unpaired) electrons. The molecule has 14 heteroatoms. The maximum absolute atomic E-state index is 12.9. The molecule has 2 aromatic carbocycles. The van der Waals surface area contributed by atoms with Crippen molar-refractivity contribution >= 4 is 79.0 Å². The van der Waals surface area contributed by atoms with Gasteiger partial charge in [0.2, 0.25) is 21.1 Å². The van der Waals surface area contributed by atoms with Gasteiger partial charge in [0.15, 0.2) is 4.34 Å². The van der Waals surface area contributed by atoms with Gasteiger partial charge in [-0.1, -0.05) is 59.1 Å². The lowest BCUT2D eigenvalue weighted by molar-refractivity contribution is -0.115. The zero-order valence-corrected chi connectivity index (χ0v) is 24.1. The number of aromatic nitrogens is 2. The van der Waals surface area contributed by atoms with E-state index in [1.54, 1.807) is 18.2 Å². The van der Waals surface area contributed by atoms with Crippen LogP contribution in [0.4, 0.5) is 10.8 Å². The Bertz CT molecular complexity index is 1390. The minimum Gasteiger partial charge on any atom is -0.326 e. The molecule has 38 heavy (non-hydrogen) atoms. The van der Waals surface area contributed by atoms with E-state index in [0.29, 0.717) is 49.6 Å². The highest BCUT2D eigenvalue weighted by Crippen LogP contribution is 2.28. The summed E-state index contributed by atoms with van der Waals surface area (Å²) in [5.41, 5.74) is 0.867. The minimum absolute atomic E-state index is 0.175. The standard InChI is InChI=1S/C24H25Cl2N5O4S3/c25-19-10-7-17(15-20(19)26)27-21(32)11-14-36-24-30-29-23(37-24)28-22(33)16-5-8-18(9-6-16)38(34,35)31-12-3-1-2-4-13-31/h5-10,15H,1-4,11-14H2,(H,27,32)(H,28,29,33).